The van der Waals surface area contributed by atoms with Crippen LogP contribution in [0.1, 0.15) is 32.1 Å². The number of carbonyl (C=O) groups is 1. The molecular weight excluding hydrogens is 421 g/mol. The molecule has 28 heavy (non-hydrogen) atoms. The highest BCUT2D eigenvalue weighted by Crippen LogP contribution is 2.17. The molecule has 1 amide bonds. The van der Waals surface area contributed by atoms with E-state index in [1.54, 1.807) is 0 Å². The van der Waals surface area contributed by atoms with Crippen molar-refractivity contribution in [1.82, 2.24) is 15.5 Å². The number of piperidine rings is 1. The number of ether oxygens (including phenoxy) is 1. The van der Waals surface area contributed by atoms with E-state index in [2.05, 4.69) is 15.5 Å². The second-order valence-electron chi connectivity index (χ2n) is 7.38. The summed E-state index contributed by atoms with van der Waals surface area (Å²) >= 11 is 5.87. The fraction of sp³-hybridized carbons (Fsp3) is 0.650. The summed E-state index contributed by atoms with van der Waals surface area (Å²) in [6.07, 6.45) is 4.94. The molecule has 0 spiro atoms. The first kappa shape index (κ1) is 25.3. The average molecular weight is 453 g/mol. The Morgan fingerprint density at radius 2 is 1.89 bits per heavy atom. The number of nitrogens with zero attached hydrogens (tertiary/aromatic N) is 1. The largest absolute Gasteiger partial charge is 0.492 e. The van der Waals surface area contributed by atoms with E-state index in [0.29, 0.717) is 25.0 Å². The highest BCUT2D eigenvalue weighted by Gasteiger charge is 2.21. The number of halogens is 3. The summed E-state index contributed by atoms with van der Waals surface area (Å²) in [6, 6.07) is 7.80. The van der Waals surface area contributed by atoms with Gasteiger partial charge in [-0.25, -0.2) is 0 Å². The van der Waals surface area contributed by atoms with Crippen LogP contribution in [0.25, 0.3) is 0 Å². The number of rotatable bonds is 8. The molecule has 1 unspecified atom stereocenters. The third-order valence-electron chi connectivity index (χ3n) is 5.38. The van der Waals surface area contributed by atoms with Crippen molar-refractivity contribution in [3.8, 4) is 5.75 Å². The summed E-state index contributed by atoms with van der Waals surface area (Å²) in [4.78, 5) is 14.5. The Morgan fingerprint density at radius 1 is 1.18 bits per heavy atom. The Morgan fingerprint density at radius 3 is 2.54 bits per heavy atom. The lowest BCUT2D eigenvalue weighted by Crippen LogP contribution is -2.45. The van der Waals surface area contributed by atoms with Crippen molar-refractivity contribution >= 4 is 42.3 Å². The van der Waals surface area contributed by atoms with E-state index < -0.39 is 0 Å². The van der Waals surface area contributed by atoms with Crippen LogP contribution in [0.3, 0.4) is 0 Å². The topological polar surface area (TPSA) is 53.6 Å². The van der Waals surface area contributed by atoms with Crippen molar-refractivity contribution in [2.75, 3.05) is 39.3 Å². The lowest BCUT2D eigenvalue weighted by atomic mass is 10.0. The van der Waals surface area contributed by atoms with Crippen molar-refractivity contribution in [3.05, 3.63) is 29.3 Å². The second kappa shape index (κ2) is 13.5. The molecule has 1 aromatic carbocycles. The third kappa shape index (κ3) is 8.75. The van der Waals surface area contributed by atoms with Gasteiger partial charge in [-0.1, -0.05) is 11.6 Å². The van der Waals surface area contributed by atoms with Crippen LogP contribution in [0.2, 0.25) is 5.02 Å². The predicted octanol–water partition coefficient (Wildman–Crippen LogP) is 3.53. The normalized spacial score (nSPS) is 20.1. The molecule has 0 saturated carbocycles. The highest BCUT2D eigenvalue weighted by atomic mass is 35.5. The Hall–Kier alpha value is -0.720. The molecule has 2 N–H and O–H groups in total. The number of likely N-dealkylation sites (tertiary alicyclic amines) is 1. The molecule has 2 fully saturated rings. The van der Waals surface area contributed by atoms with Gasteiger partial charge >= 0.3 is 0 Å². The van der Waals surface area contributed by atoms with E-state index in [-0.39, 0.29) is 30.7 Å². The minimum absolute atomic E-state index is 0. The van der Waals surface area contributed by atoms with Crippen molar-refractivity contribution in [2.24, 2.45) is 5.92 Å². The first-order valence-electron chi connectivity index (χ1n) is 9.80. The Balaban J connectivity index is 0.00000196. The van der Waals surface area contributed by atoms with E-state index in [4.69, 9.17) is 16.3 Å². The monoisotopic (exact) mass is 451 g/mol. The van der Waals surface area contributed by atoms with Gasteiger partial charge in [0.25, 0.3) is 0 Å². The van der Waals surface area contributed by atoms with Crippen molar-refractivity contribution in [3.63, 3.8) is 0 Å². The van der Waals surface area contributed by atoms with Crippen LogP contribution < -0.4 is 15.4 Å². The highest BCUT2D eigenvalue weighted by molar-refractivity contribution is 6.30. The number of hydrogen-bond acceptors (Lipinski definition) is 4. The lowest BCUT2D eigenvalue weighted by Gasteiger charge is -2.32. The number of benzene rings is 1. The van der Waals surface area contributed by atoms with Gasteiger partial charge in [0.15, 0.2) is 0 Å². The molecular formula is C20H32Cl3N3O2. The van der Waals surface area contributed by atoms with Gasteiger partial charge in [-0.15, -0.1) is 24.8 Å². The smallest absolute Gasteiger partial charge is 0.220 e. The Labute approximate surface area is 185 Å². The maximum atomic E-state index is 12.1. The number of hydrogen-bond donors (Lipinski definition) is 2. The van der Waals surface area contributed by atoms with Crippen LogP contribution >= 0.6 is 36.4 Å². The summed E-state index contributed by atoms with van der Waals surface area (Å²) in [5, 5.41) is 7.30. The van der Waals surface area contributed by atoms with E-state index in [0.717, 1.165) is 62.8 Å². The standard InChI is InChI=1S/C20H30ClN3O2.2ClH/c21-17-2-4-19(5-3-17)26-14-13-24-11-8-18(9-12-24)23-20(25)6-1-16-7-10-22-15-16;;/h2-5,16,18,22H,1,6-15H2,(H,23,25);2*1H. The molecule has 0 aliphatic carbocycles. The van der Waals surface area contributed by atoms with E-state index >= 15 is 0 Å². The summed E-state index contributed by atoms with van der Waals surface area (Å²) in [5.74, 6) is 1.76. The molecule has 8 heteroatoms. The van der Waals surface area contributed by atoms with Gasteiger partial charge in [0.2, 0.25) is 5.91 Å². The zero-order valence-corrected chi connectivity index (χ0v) is 18.6. The molecule has 160 valence electrons. The van der Waals surface area contributed by atoms with Gasteiger partial charge in [-0.3, -0.25) is 9.69 Å². The SMILES string of the molecule is Cl.Cl.O=C(CCC1CCNC1)NC1CCN(CCOc2ccc(Cl)cc2)CC1. The van der Waals surface area contributed by atoms with E-state index in [9.17, 15) is 4.79 Å². The van der Waals surface area contributed by atoms with Crippen LogP contribution in [0.15, 0.2) is 24.3 Å². The van der Waals surface area contributed by atoms with Gasteiger partial charge in [-0.2, -0.15) is 0 Å². The first-order chi connectivity index (χ1) is 12.7. The van der Waals surface area contributed by atoms with Crippen LogP contribution in [-0.4, -0.2) is 56.2 Å². The van der Waals surface area contributed by atoms with Crippen molar-refractivity contribution < 1.29 is 9.53 Å². The number of amides is 1. The van der Waals surface area contributed by atoms with E-state index in [1.165, 1.54) is 6.42 Å². The van der Waals surface area contributed by atoms with Gasteiger partial charge in [0.1, 0.15) is 12.4 Å². The molecule has 0 radical (unpaired) electrons. The fourth-order valence-electron chi connectivity index (χ4n) is 3.72. The lowest BCUT2D eigenvalue weighted by molar-refractivity contribution is -0.122. The van der Waals surface area contributed by atoms with Gasteiger partial charge in [-0.05, 0) is 69.0 Å². The summed E-state index contributed by atoms with van der Waals surface area (Å²) in [5.41, 5.74) is 0. The summed E-state index contributed by atoms with van der Waals surface area (Å²) < 4.78 is 5.76. The van der Waals surface area contributed by atoms with E-state index in [1.807, 2.05) is 24.3 Å². The summed E-state index contributed by atoms with van der Waals surface area (Å²) in [6.45, 7) is 5.80. The predicted molar refractivity (Wildman–Crippen MR) is 119 cm³/mol. The molecule has 2 heterocycles. The molecule has 0 bridgehead atoms. The van der Waals surface area contributed by atoms with Gasteiger partial charge < -0.3 is 15.4 Å². The summed E-state index contributed by atoms with van der Waals surface area (Å²) in [7, 11) is 0. The molecule has 1 atom stereocenters. The Kier molecular flexibility index (Phi) is 12.2. The zero-order valence-electron chi connectivity index (χ0n) is 16.2. The third-order valence-corrected chi connectivity index (χ3v) is 5.64. The van der Waals surface area contributed by atoms with Crippen LogP contribution in [0, 0.1) is 5.92 Å². The second-order valence-corrected chi connectivity index (χ2v) is 7.82. The molecule has 0 aromatic heterocycles. The van der Waals surface area contributed by atoms with Gasteiger partial charge in [0.05, 0.1) is 0 Å². The quantitative estimate of drug-likeness (QED) is 0.633. The molecule has 5 nitrogen and oxygen atoms in total. The van der Waals surface area contributed by atoms with Crippen LogP contribution in [0.4, 0.5) is 0 Å². The fourth-order valence-corrected chi connectivity index (χ4v) is 3.85. The van der Waals surface area contributed by atoms with Gasteiger partial charge in [0, 0.05) is 37.1 Å². The number of nitrogens with one attached hydrogen (secondary N) is 2. The maximum absolute atomic E-state index is 12.1. The average Bonchev–Trinajstić information content (AvgIpc) is 3.17. The minimum atomic E-state index is 0. The minimum Gasteiger partial charge on any atom is -0.492 e. The maximum Gasteiger partial charge on any atom is 0.220 e. The number of carbonyl (C=O) groups excluding carboxylic acids is 1. The molecule has 1 aromatic rings. The van der Waals surface area contributed by atoms with Crippen LogP contribution in [-0.2, 0) is 4.79 Å². The van der Waals surface area contributed by atoms with Crippen LogP contribution in [0.5, 0.6) is 5.75 Å². The molecule has 2 saturated heterocycles. The Bertz CT molecular complexity index is 560. The van der Waals surface area contributed by atoms with Crippen molar-refractivity contribution in [1.29, 1.82) is 0 Å². The molecule has 2 aliphatic rings. The first-order valence-corrected chi connectivity index (χ1v) is 10.2. The molecule has 2 aliphatic heterocycles. The van der Waals surface area contributed by atoms with Crippen molar-refractivity contribution in [2.45, 2.75) is 38.1 Å². The zero-order chi connectivity index (χ0) is 18.2. The molecule has 3 rings (SSSR count).